The number of halogens is 1. The highest BCUT2D eigenvalue weighted by Gasteiger charge is 2.09. The summed E-state index contributed by atoms with van der Waals surface area (Å²) >= 11 is 7.09. The molecule has 1 aromatic carbocycles. The van der Waals surface area contributed by atoms with Gasteiger partial charge in [-0.15, -0.1) is 11.3 Å². The maximum atomic E-state index is 12.0. The van der Waals surface area contributed by atoms with Crippen molar-refractivity contribution in [3.8, 4) is 5.69 Å². The highest BCUT2D eigenvalue weighted by molar-refractivity contribution is 7.17. The minimum Gasteiger partial charge on any atom is -0.363 e. The van der Waals surface area contributed by atoms with Gasteiger partial charge in [0.05, 0.1) is 27.8 Å². The van der Waals surface area contributed by atoms with Crippen molar-refractivity contribution < 1.29 is 4.79 Å². The SMILES string of the molecule is CN(C)C(=N)c1ccc(-n2cnc(CNC(=O)c3ccc(Cl)s3)c2)cc1. The Hall–Kier alpha value is -2.64. The first kappa shape index (κ1) is 18.2. The lowest BCUT2D eigenvalue weighted by molar-refractivity contribution is 0.0954. The van der Waals surface area contributed by atoms with E-state index < -0.39 is 0 Å². The van der Waals surface area contributed by atoms with Gasteiger partial charge in [0, 0.05) is 31.5 Å². The third-order valence-electron chi connectivity index (χ3n) is 3.75. The Morgan fingerprint density at radius 1 is 1.27 bits per heavy atom. The summed E-state index contributed by atoms with van der Waals surface area (Å²) in [5.41, 5.74) is 2.54. The summed E-state index contributed by atoms with van der Waals surface area (Å²) in [6.07, 6.45) is 3.57. The summed E-state index contributed by atoms with van der Waals surface area (Å²) in [6.45, 7) is 0.338. The molecule has 0 radical (unpaired) electrons. The number of aromatic nitrogens is 2. The molecular weight excluding hydrogens is 370 g/mol. The van der Waals surface area contributed by atoms with Gasteiger partial charge in [-0.2, -0.15) is 0 Å². The van der Waals surface area contributed by atoms with Crippen LogP contribution in [0, 0.1) is 5.41 Å². The number of carbonyl (C=O) groups excluding carboxylic acids is 1. The van der Waals surface area contributed by atoms with E-state index in [4.69, 9.17) is 17.0 Å². The Balaban J connectivity index is 1.64. The standard InChI is InChI=1S/C18H18ClN5OS/c1-23(2)17(20)12-3-5-14(6-4-12)24-10-13(22-11-24)9-21-18(25)15-7-8-16(19)26-15/h3-8,10-11,20H,9H2,1-2H3,(H,21,25). The number of thiophene rings is 1. The molecular formula is C18H18ClN5OS. The normalized spacial score (nSPS) is 10.6. The fourth-order valence-electron chi connectivity index (χ4n) is 2.34. The smallest absolute Gasteiger partial charge is 0.261 e. The highest BCUT2D eigenvalue weighted by atomic mass is 35.5. The van der Waals surface area contributed by atoms with Gasteiger partial charge in [0.25, 0.3) is 5.91 Å². The van der Waals surface area contributed by atoms with Crippen LogP contribution < -0.4 is 5.32 Å². The van der Waals surface area contributed by atoms with E-state index in [2.05, 4.69) is 10.3 Å². The second-order valence-electron chi connectivity index (χ2n) is 5.85. The molecule has 0 fully saturated rings. The van der Waals surface area contributed by atoms with E-state index >= 15 is 0 Å². The molecule has 26 heavy (non-hydrogen) atoms. The molecule has 2 heterocycles. The molecule has 0 spiro atoms. The lowest BCUT2D eigenvalue weighted by atomic mass is 10.2. The van der Waals surface area contributed by atoms with Crippen molar-refractivity contribution in [3.05, 3.63) is 69.4 Å². The molecule has 1 amide bonds. The Morgan fingerprint density at radius 2 is 2.00 bits per heavy atom. The van der Waals surface area contributed by atoms with Gasteiger partial charge >= 0.3 is 0 Å². The van der Waals surface area contributed by atoms with Crippen LogP contribution in [0.1, 0.15) is 20.9 Å². The van der Waals surface area contributed by atoms with Crippen LogP contribution in [0.4, 0.5) is 0 Å². The van der Waals surface area contributed by atoms with E-state index in [1.54, 1.807) is 23.4 Å². The van der Waals surface area contributed by atoms with Crippen LogP contribution in [0.3, 0.4) is 0 Å². The summed E-state index contributed by atoms with van der Waals surface area (Å²) in [5, 5.41) is 10.8. The zero-order valence-electron chi connectivity index (χ0n) is 14.4. The molecule has 0 saturated carbocycles. The number of amides is 1. The van der Waals surface area contributed by atoms with Crippen molar-refractivity contribution in [2.24, 2.45) is 0 Å². The van der Waals surface area contributed by atoms with Crippen molar-refractivity contribution in [1.29, 1.82) is 5.41 Å². The minimum atomic E-state index is -0.164. The minimum absolute atomic E-state index is 0.164. The fraction of sp³-hybridized carbons (Fsp3) is 0.167. The third kappa shape index (κ3) is 4.12. The molecule has 3 aromatic rings. The number of imidazole rings is 1. The maximum absolute atomic E-state index is 12.0. The van der Waals surface area contributed by atoms with Crippen LogP contribution >= 0.6 is 22.9 Å². The number of rotatable bonds is 5. The summed E-state index contributed by atoms with van der Waals surface area (Å²) in [7, 11) is 3.69. The van der Waals surface area contributed by atoms with Gasteiger partial charge in [0.2, 0.25) is 0 Å². The monoisotopic (exact) mass is 387 g/mol. The summed E-state index contributed by atoms with van der Waals surface area (Å²) in [5.74, 6) is 0.294. The number of amidine groups is 1. The first-order valence-corrected chi connectivity index (χ1v) is 9.06. The van der Waals surface area contributed by atoms with E-state index in [1.807, 2.05) is 49.1 Å². The van der Waals surface area contributed by atoms with Gasteiger partial charge < -0.3 is 14.8 Å². The van der Waals surface area contributed by atoms with Crippen LogP contribution in [0.5, 0.6) is 0 Å². The lowest BCUT2D eigenvalue weighted by Crippen LogP contribution is -2.21. The number of hydrogen-bond donors (Lipinski definition) is 2. The van der Waals surface area contributed by atoms with Crippen LogP contribution in [-0.2, 0) is 6.54 Å². The second kappa shape index (κ2) is 7.72. The van der Waals surface area contributed by atoms with Gasteiger partial charge in [-0.25, -0.2) is 4.98 Å². The molecule has 6 nitrogen and oxygen atoms in total. The quantitative estimate of drug-likeness (QED) is 0.520. The van der Waals surface area contributed by atoms with Gasteiger partial charge in [-0.05, 0) is 36.4 Å². The zero-order chi connectivity index (χ0) is 18.7. The van der Waals surface area contributed by atoms with E-state index in [-0.39, 0.29) is 5.91 Å². The average molecular weight is 388 g/mol. The Kier molecular flexibility index (Phi) is 5.39. The summed E-state index contributed by atoms with van der Waals surface area (Å²) in [4.78, 5) is 18.7. The Labute approximate surface area is 160 Å². The number of benzene rings is 1. The van der Waals surface area contributed by atoms with Crippen molar-refractivity contribution in [1.82, 2.24) is 19.8 Å². The molecule has 0 unspecified atom stereocenters. The lowest BCUT2D eigenvalue weighted by Gasteiger charge is -2.14. The fourth-order valence-corrected chi connectivity index (χ4v) is 3.30. The van der Waals surface area contributed by atoms with Crippen LogP contribution in [0.15, 0.2) is 48.9 Å². The Morgan fingerprint density at radius 3 is 2.62 bits per heavy atom. The summed E-state index contributed by atoms with van der Waals surface area (Å²) < 4.78 is 2.47. The molecule has 0 bridgehead atoms. The second-order valence-corrected chi connectivity index (χ2v) is 7.56. The molecule has 0 aliphatic carbocycles. The van der Waals surface area contributed by atoms with Crippen LogP contribution in [0.25, 0.3) is 5.69 Å². The molecule has 3 rings (SSSR count). The molecule has 2 N–H and O–H groups in total. The topological polar surface area (TPSA) is 74.0 Å². The highest BCUT2D eigenvalue weighted by Crippen LogP contribution is 2.21. The van der Waals surface area contributed by atoms with Crippen molar-refractivity contribution in [2.75, 3.05) is 14.1 Å². The van der Waals surface area contributed by atoms with Gasteiger partial charge in [0.1, 0.15) is 5.84 Å². The van der Waals surface area contributed by atoms with E-state index in [9.17, 15) is 4.79 Å². The summed E-state index contributed by atoms with van der Waals surface area (Å²) in [6, 6.07) is 11.1. The van der Waals surface area contributed by atoms with Crippen LogP contribution in [0.2, 0.25) is 4.34 Å². The molecule has 8 heteroatoms. The van der Waals surface area contributed by atoms with E-state index in [0.717, 1.165) is 16.9 Å². The van der Waals surface area contributed by atoms with Gasteiger partial charge in [-0.3, -0.25) is 10.2 Å². The number of carbonyl (C=O) groups is 1. The van der Waals surface area contributed by atoms with Crippen LogP contribution in [-0.4, -0.2) is 40.3 Å². The molecule has 0 aliphatic heterocycles. The van der Waals surface area contributed by atoms with E-state index in [1.165, 1.54) is 11.3 Å². The predicted octanol–water partition coefficient (Wildman–Crippen LogP) is 3.40. The first-order chi connectivity index (χ1) is 12.4. The van der Waals surface area contributed by atoms with Crippen molar-refractivity contribution >= 4 is 34.7 Å². The molecule has 0 atom stereocenters. The average Bonchev–Trinajstić information content (AvgIpc) is 3.28. The number of hydrogen-bond acceptors (Lipinski definition) is 4. The molecule has 134 valence electrons. The Bertz CT molecular complexity index is 929. The largest absolute Gasteiger partial charge is 0.363 e. The van der Waals surface area contributed by atoms with Crippen molar-refractivity contribution in [3.63, 3.8) is 0 Å². The third-order valence-corrected chi connectivity index (χ3v) is 4.98. The van der Waals surface area contributed by atoms with E-state index in [0.29, 0.717) is 21.6 Å². The first-order valence-electron chi connectivity index (χ1n) is 7.87. The van der Waals surface area contributed by atoms with Gasteiger partial charge in [0.15, 0.2) is 0 Å². The molecule has 0 aliphatic rings. The number of nitrogens with one attached hydrogen (secondary N) is 2. The molecule has 0 saturated heterocycles. The zero-order valence-corrected chi connectivity index (χ0v) is 15.9. The van der Waals surface area contributed by atoms with Crippen molar-refractivity contribution in [2.45, 2.75) is 6.54 Å². The van der Waals surface area contributed by atoms with Gasteiger partial charge in [-0.1, -0.05) is 11.6 Å². The molecule has 2 aromatic heterocycles. The predicted molar refractivity (Wildman–Crippen MR) is 105 cm³/mol. The number of nitrogens with zero attached hydrogens (tertiary/aromatic N) is 3. The maximum Gasteiger partial charge on any atom is 0.261 e.